The third kappa shape index (κ3) is 10.6. The number of unbranched alkanes of at least 4 members (excludes halogenated alkanes) is 2. The Bertz CT molecular complexity index is 2010. The van der Waals surface area contributed by atoms with Gasteiger partial charge in [-0.05, 0) is 91.1 Å². The van der Waals surface area contributed by atoms with Gasteiger partial charge in [-0.3, -0.25) is 4.79 Å². The van der Waals surface area contributed by atoms with Gasteiger partial charge in [-0.15, -0.1) is 6.58 Å². The molecule has 1 saturated carbocycles. The van der Waals surface area contributed by atoms with Crippen LogP contribution < -0.4 is 9.47 Å². The van der Waals surface area contributed by atoms with Gasteiger partial charge in [0.1, 0.15) is 30.8 Å². The SMILES string of the molecule is C=CCOc1ccc2c(c1)C1C(CCCCO)C(CCCCO)C=C3C(=NOCc4ccccc4)CC(N(CCOCCO)C(=O)c4ccc(C#N)cc4)C(OCC=C)(O2)C31. The van der Waals surface area contributed by atoms with Crippen molar-refractivity contribution in [1.82, 2.24) is 4.90 Å². The smallest absolute Gasteiger partial charge is 0.254 e. The van der Waals surface area contributed by atoms with Crippen LogP contribution in [0.2, 0.25) is 0 Å². The molecule has 12 heteroatoms. The Kier molecular flexibility index (Phi) is 16.7. The Hall–Kier alpha value is -5.29. The van der Waals surface area contributed by atoms with Crippen molar-refractivity contribution in [2.75, 3.05) is 52.8 Å². The normalized spacial score (nSPS) is 23.1. The number of hydrogen-bond acceptors (Lipinski definition) is 11. The minimum atomic E-state index is -1.48. The monoisotopic (exact) mass is 833 g/mol. The number of nitrogens with zero attached hydrogens (tertiary/aromatic N) is 3. The lowest BCUT2D eigenvalue weighted by Crippen LogP contribution is -2.70. The fourth-order valence-corrected chi connectivity index (χ4v) is 9.23. The molecule has 3 aromatic carbocycles. The van der Waals surface area contributed by atoms with Crippen LogP contribution in [0.15, 0.2) is 115 Å². The lowest BCUT2D eigenvalue weighted by molar-refractivity contribution is -0.254. The second kappa shape index (κ2) is 22.5. The summed E-state index contributed by atoms with van der Waals surface area (Å²) in [6.45, 7) is 8.82. The van der Waals surface area contributed by atoms with Gasteiger partial charge < -0.3 is 44.0 Å². The Morgan fingerprint density at radius 2 is 1.69 bits per heavy atom. The molecule has 61 heavy (non-hydrogen) atoms. The number of fused-ring (bicyclic) bond motifs is 2. The Morgan fingerprint density at radius 1 is 0.934 bits per heavy atom. The van der Waals surface area contributed by atoms with Crippen molar-refractivity contribution in [3.8, 4) is 17.6 Å². The predicted molar refractivity (Wildman–Crippen MR) is 232 cm³/mol. The van der Waals surface area contributed by atoms with E-state index >= 15 is 4.79 Å². The quantitative estimate of drug-likeness (QED) is 0.0482. The van der Waals surface area contributed by atoms with Gasteiger partial charge in [-0.1, -0.05) is 73.1 Å². The fourth-order valence-electron chi connectivity index (χ4n) is 9.23. The van der Waals surface area contributed by atoms with Crippen molar-refractivity contribution < 1.29 is 43.9 Å². The van der Waals surface area contributed by atoms with Crippen molar-refractivity contribution in [2.45, 2.75) is 69.3 Å². The van der Waals surface area contributed by atoms with Gasteiger partial charge in [-0.2, -0.15) is 5.26 Å². The van der Waals surface area contributed by atoms with Crippen molar-refractivity contribution >= 4 is 11.6 Å². The second-order valence-electron chi connectivity index (χ2n) is 15.7. The molecule has 324 valence electrons. The summed E-state index contributed by atoms with van der Waals surface area (Å²) < 4.78 is 26.3. The number of amides is 1. The summed E-state index contributed by atoms with van der Waals surface area (Å²) in [4.78, 5) is 23.0. The molecule has 6 atom stereocenters. The summed E-state index contributed by atoms with van der Waals surface area (Å²) in [6, 6.07) is 23.5. The maximum atomic E-state index is 15.0. The first-order chi connectivity index (χ1) is 29.9. The molecule has 1 fully saturated rings. The minimum absolute atomic E-state index is 0.0313. The molecule has 6 rings (SSSR count). The van der Waals surface area contributed by atoms with E-state index < -0.39 is 17.7 Å². The third-order valence-electron chi connectivity index (χ3n) is 11.9. The maximum Gasteiger partial charge on any atom is 0.254 e. The van der Waals surface area contributed by atoms with Crippen molar-refractivity contribution in [1.29, 1.82) is 5.26 Å². The highest BCUT2D eigenvalue weighted by atomic mass is 16.7. The van der Waals surface area contributed by atoms with E-state index in [2.05, 4.69) is 25.3 Å². The summed E-state index contributed by atoms with van der Waals surface area (Å²) in [7, 11) is 0. The van der Waals surface area contributed by atoms with E-state index in [4.69, 9.17) is 28.9 Å². The number of ether oxygens (including phenoxy) is 4. The number of hydrogen-bond donors (Lipinski definition) is 3. The van der Waals surface area contributed by atoms with Gasteiger partial charge >= 0.3 is 0 Å². The van der Waals surface area contributed by atoms with Gasteiger partial charge in [0.05, 0.1) is 49.7 Å². The average Bonchev–Trinajstić information content (AvgIpc) is 3.29. The molecule has 3 aliphatic rings. The van der Waals surface area contributed by atoms with Gasteiger partial charge in [0.25, 0.3) is 5.91 Å². The molecule has 3 N–H and O–H groups in total. The summed E-state index contributed by atoms with van der Waals surface area (Å²) in [5, 5.41) is 43.9. The zero-order valence-corrected chi connectivity index (χ0v) is 34.9. The number of rotatable bonds is 24. The summed E-state index contributed by atoms with van der Waals surface area (Å²) >= 11 is 0. The standard InChI is InChI=1S/C49H59N3O9/c1-3-26-58-39-20-21-44-42(31-39)46-40(15-9-11-24-54)38(14-8-10-23-53)30-41-43(51-60-34-36-12-6-5-7-13-36)32-45(49(61-44,47(41)46)59-27-4-2)52(22-28-57-29-25-55)48(56)37-18-16-35(33-50)17-19-37/h3-7,12-13,16-21,30-31,38,40,45-47,53-55H,1-2,8-11,14-15,22-29,32,34H2. The number of allylic oxidation sites excluding steroid dienone is 1. The lowest BCUT2D eigenvalue weighted by Gasteiger charge is -2.60. The Labute approximate surface area is 359 Å². The average molecular weight is 834 g/mol. The lowest BCUT2D eigenvalue weighted by atomic mass is 9.55. The number of carbonyl (C=O) groups excluding carboxylic acids is 1. The van der Waals surface area contributed by atoms with Gasteiger partial charge in [0, 0.05) is 43.2 Å². The zero-order valence-electron chi connectivity index (χ0n) is 34.9. The van der Waals surface area contributed by atoms with E-state index in [1.807, 2.05) is 48.5 Å². The molecule has 12 nitrogen and oxygen atoms in total. The Morgan fingerprint density at radius 3 is 2.39 bits per heavy atom. The van der Waals surface area contributed by atoms with Gasteiger partial charge in [0.15, 0.2) is 0 Å². The molecule has 0 bridgehead atoms. The first kappa shape index (κ1) is 45.2. The number of benzene rings is 3. The fraction of sp³-hybridized carbons (Fsp3) is 0.449. The molecular weight excluding hydrogens is 775 g/mol. The van der Waals surface area contributed by atoms with Crippen molar-refractivity contribution in [2.24, 2.45) is 22.9 Å². The van der Waals surface area contributed by atoms with E-state index in [0.717, 1.165) is 42.4 Å². The highest BCUT2D eigenvalue weighted by molar-refractivity contribution is 6.03. The molecule has 0 saturated heterocycles. The topological polar surface area (TPSA) is 163 Å². The van der Waals surface area contributed by atoms with Crippen LogP contribution in [-0.2, 0) is 20.9 Å². The van der Waals surface area contributed by atoms with Crippen LogP contribution in [0.1, 0.15) is 77.9 Å². The highest BCUT2D eigenvalue weighted by Gasteiger charge is 2.65. The van der Waals surface area contributed by atoms with Crippen LogP contribution in [0.4, 0.5) is 0 Å². The Balaban J connectivity index is 1.60. The number of aliphatic hydroxyl groups is 3. The molecule has 6 unspecified atom stereocenters. The van der Waals surface area contributed by atoms with E-state index in [1.165, 1.54) is 0 Å². The molecule has 0 radical (unpaired) electrons. The van der Waals surface area contributed by atoms with Crippen LogP contribution >= 0.6 is 0 Å². The summed E-state index contributed by atoms with van der Waals surface area (Å²) in [5.74, 6) is -1.21. The molecular formula is C49H59N3O9. The number of carbonyl (C=O) groups is 1. The molecule has 0 spiro atoms. The van der Waals surface area contributed by atoms with Crippen LogP contribution in [0.3, 0.4) is 0 Å². The number of oxime groups is 1. The molecule has 1 heterocycles. The molecule has 1 amide bonds. The first-order valence-electron chi connectivity index (χ1n) is 21.4. The summed E-state index contributed by atoms with van der Waals surface area (Å²) in [6.07, 6.45) is 10.4. The number of aliphatic hydroxyl groups excluding tert-OH is 3. The van der Waals surface area contributed by atoms with Crippen molar-refractivity contribution in [3.63, 3.8) is 0 Å². The third-order valence-corrected chi connectivity index (χ3v) is 11.9. The maximum absolute atomic E-state index is 15.0. The first-order valence-corrected chi connectivity index (χ1v) is 21.4. The van der Waals surface area contributed by atoms with Crippen LogP contribution in [-0.4, -0.2) is 96.5 Å². The van der Waals surface area contributed by atoms with E-state index in [0.29, 0.717) is 47.8 Å². The minimum Gasteiger partial charge on any atom is -0.490 e. The van der Waals surface area contributed by atoms with Gasteiger partial charge in [-0.25, -0.2) is 0 Å². The molecule has 3 aromatic rings. The van der Waals surface area contributed by atoms with E-state index in [1.54, 1.807) is 41.3 Å². The largest absolute Gasteiger partial charge is 0.490 e. The molecule has 0 aromatic heterocycles. The highest BCUT2D eigenvalue weighted by Crippen LogP contribution is 2.62. The predicted octanol–water partition coefficient (Wildman–Crippen LogP) is 7.11. The van der Waals surface area contributed by atoms with Crippen LogP contribution in [0.25, 0.3) is 0 Å². The van der Waals surface area contributed by atoms with Crippen molar-refractivity contribution in [3.05, 3.63) is 132 Å². The van der Waals surface area contributed by atoms with Gasteiger partial charge in [0.2, 0.25) is 5.79 Å². The van der Waals surface area contributed by atoms with Crippen LogP contribution in [0, 0.1) is 29.1 Å². The zero-order chi connectivity index (χ0) is 43.0. The number of nitriles is 1. The van der Waals surface area contributed by atoms with Crippen LogP contribution in [0.5, 0.6) is 11.5 Å². The second-order valence-corrected chi connectivity index (χ2v) is 15.7. The van der Waals surface area contributed by atoms with E-state index in [-0.39, 0.29) is 82.9 Å². The molecule has 1 aliphatic heterocycles. The molecule has 2 aliphatic carbocycles. The van der Waals surface area contributed by atoms with E-state index in [9.17, 15) is 20.6 Å². The summed E-state index contributed by atoms with van der Waals surface area (Å²) in [5.41, 5.74) is 4.26.